The molecule has 1 N–H and O–H groups in total. The maximum absolute atomic E-state index is 13.3. The van der Waals surface area contributed by atoms with E-state index in [4.69, 9.17) is 4.74 Å². The molecule has 1 atom stereocenters. The van der Waals surface area contributed by atoms with Crippen molar-refractivity contribution < 1.29 is 13.9 Å². The minimum Gasteiger partial charge on any atom is -0.489 e. The van der Waals surface area contributed by atoms with Crippen LogP contribution in [0.2, 0.25) is 0 Å². The van der Waals surface area contributed by atoms with Gasteiger partial charge in [0.25, 0.3) is 0 Å². The summed E-state index contributed by atoms with van der Waals surface area (Å²) in [6.07, 6.45) is 0.341. The van der Waals surface area contributed by atoms with Gasteiger partial charge >= 0.3 is 0 Å². The lowest BCUT2D eigenvalue weighted by atomic mass is 10.0. The van der Waals surface area contributed by atoms with E-state index < -0.39 is 6.04 Å². The van der Waals surface area contributed by atoms with Gasteiger partial charge in [-0.2, -0.15) is 0 Å². The molecule has 0 radical (unpaired) electrons. The van der Waals surface area contributed by atoms with Gasteiger partial charge in [-0.1, -0.05) is 54.6 Å². The van der Waals surface area contributed by atoms with Crippen LogP contribution < -0.4 is 10.1 Å². The average molecular weight is 445 g/mol. The zero-order chi connectivity index (χ0) is 23.0. The molecule has 0 bridgehead atoms. The first-order chi connectivity index (χ1) is 16.1. The normalized spacial score (nSPS) is 11.7. The molecule has 0 spiro atoms. The van der Waals surface area contributed by atoms with Crippen LogP contribution in [0.5, 0.6) is 5.75 Å². The van der Waals surface area contributed by atoms with Crippen molar-refractivity contribution in [3.8, 4) is 5.75 Å². The molecule has 1 heterocycles. The number of aromatic nitrogens is 4. The SMILES string of the molecule is Cc1nnnn1C(Cc1ccc(F)cc1)C(=O)NCc1ccc(COc2ccccc2)cc1. The Hall–Kier alpha value is -4.07. The molecule has 168 valence electrons. The summed E-state index contributed by atoms with van der Waals surface area (Å²) in [6, 6.07) is 22.9. The standard InChI is InChI=1S/C25H24FN5O2/c1-18-28-29-30-31(18)24(15-19-11-13-22(26)14-12-19)25(32)27-16-20-7-9-21(10-8-20)17-33-23-5-3-2-4-6-23/h2-14,24H,15-17H2,1H3,(H,27,32). The van der Waals surface area contributed by atoms with Crippen LogP contribution in [0.15, 0.2) is 78.9 Å². The number of tetrazole rings is 1. The Morgan fingerprint density at radius 1 is 0.970 bits per heavy atom. The first kappa shape index (κ1) is 22.1. The maximum Gasteiger partial charge on any atom is 0.245 e. The molecule has 8 heteroatoms. The van der Waals surface area contributed by atoms with Crippen LogP contribution in [0.4, 0.5) is 4.39 Å². The predicted octanol–water partition coefficient (Wildman–Crippen LogP) is 3.80. The number of ether oxygens (including phenoxy) is 1. The van der Waals surface area contributed by atoms with E-state index in [0.29, 0.717) is 25.4 Å². The molecule has 1 unspecified atom stereocenters. The van der Waals surface area contributed by atoms with E-state index >= 15 is 0 Å². The lowest BCUT2D eigenvalue weighted by molar-refractivity contribution is -0.124. The number of aryl methyl sites for hydroxylation is 1. The van der Waals surface area contributed by atoms with E-state index in [1.165, 1.54) is 16.8 Å². The molecule has 0 aliphatic carbocycles. The van der Waals surface area contributed by atoms with E-state index in [-0.39, 0.29) is 11.7 Å². The highest BCUT2D eigenvalue weighted by molar-refractivity contribution is 5.80. The largest absolute Gasteiger partial charge is 0.489 e. The second kappa shape index (κ2) is 10.5. The van der Waals surface area contributed by atoms with Crippen molar-refractivity contribution in [3.05, 3.63) is 107 Å². The summed E-state index contributed by atoms with van der Waals surface area (Å²) in [5, 5.41) is 14.5. The first-order valence-corrected chi connectivity index (χ1v) is 10.6. The number of para-hydroxylation sites is 1. The van der Waals surface area contributed by atoms with Gasteiger partial charge in [-0.3, -0.25) is 4.79 Å². The van der Waals surface area contributed by atoms with Gasteiger partial charge in [-0.25, -0.2) is 9.07 Å². The van der Waals surface area contributed by atoms with Crippen LogP contribution in [-0.4, -0.2) is 26.1 Å². The zero-order valence-electron chi connectivity index (χ0n) is 18.2. The van der Waals surface area contributed by atoms with E-state index in [9.17, 15) is 9.18 Å². The minimum absolute atomic E-state index is 0.216. The topological polar surface area (TPSA) is 81.9 Å². The highest BCUT2D eigenvalue weighted by Crippen LogP contribution is 2.17. The van der Waals surface area contributed by atoms with Crippen LogP contribution in [0, 0.1) is 12.7 Å². The Kier molecular flexibility index (Phi) is 7.04. The van der Waals surface area contributed by atoms with E-state index in [0.717, 1.165) is 22.4 Å². The maximum atomic E-state index is 13.3. The summed E-state index contributed by atoms with van der Waals surface area (Å²) in [5.74, 6) is 0.807. The van der Waals surface area contributed by atoms with Gasteiger partial charge in [0, 0.05) is 13.0 Å². The third kappa shape index (κ3) is 6.00. The molecule has 0 fully saturated rings. The summed E-state index contributed by atoms with van der Waals surface area (Å²) in [7, 11) is 0. The molecule has 4 rings (SSSR count). The van der Waals surface area contributed by atoms with Gasteiger partial charge in [0.2, 0.25) is 5.91 Å². The number of hydrogen-bond acceptors (Lipinski definition) is 5. The summed E-state index contributed by atoms with van der Waals surface area (Å²) >= 11 is 0. The molecule has 4 aromatic rings. The van der Waals surface area contributed by atoms with Crippen molar-refractivity contribution in [2.45, 2.75) is 32.5 Å². The quantitative estimate of drug-likeness (QED) is 0.424. The fourth-order valence-corrected chi connectivity index (χ4v) is 3.40. The van der Waals surface area contributed by atoms with Gasteiger partial charge in [-0.05, 0) is 58.3 Å². The van der Waals surface area contributed by atoms with Gasteiger partial charge < -0.3 is 10.1 Å². The van der Waals surface area contributed by atoms with E-state index in [1.54, 1.807) is 19.1 Å². The van der Waals surface area contributed by atoms with Crippen molar-refractivity contribution in [1.82, 2.24) is 25.5 Å². The predicted molar refractivity (Wildman–Crippen MR) is 121 cm³/mol. The minimum atomic E-state index is -0.649. The fourth-order valence-electron chi connectivity index (χ4n) is 3.40. The van der Waals surface area contributed by atoms with Crippen LogP contribution in [-0.2, 0) is 24.4 Å². The van der Waals surface area contributed by atoms with Gasteiger partial charge in [0.15, 0.2) is 0 Å². The number of carbonyl (C=O) groups excluding carboxylic acids is 1. The van der Waals surface area contributed by atoms with Crippen LogP contribution in [0.25, 0.3) is 0 Å². The van der Waals surface area contributed by atoms with Crippen molar-refractivity contribution in [1.29, 1.82) is 0 Å². The molecule has 7 nitrogen and oxygen atoms in total. The van der Waals surface area contributed by atoms with E-state index in [2.05, 4.69) is 20.8 Å². The smallest absolute Gasteiger partial charge is 0.245 e. The monoisotopic (exact) mass is 445 g/mol. The molecule has 0 aliphatic heterocycles. The van der Waals surface area contributed by atoms with Crippen molar-refractivity contribution in [2.24, 2.45) is 0 Å². The van der Waals surface area contributed by atoms with Crippen molar-refractivity contribution in [2.75, 3.05) is 0 Å². The van der Waals surface area contributed by atoms with Crippen LogP contribution in [0.3, 0.4) is 0 Å². The molecule has 33 heavy (non-hydrogen) atoms. The average Bonchev–Trinajstić information content (AvgIpc) is 3.27. The van der Waals surface area contributed by atoms with Crippen LogP contribution in [0.1, 0.15) is 28.6 Å². The molecule has 0 saturated carbocycles. The summed E-state index contributed by atoms with van der Waals surface area (Å²) in [6.45, 7) is 2.57. The molecule has 3 aromatic carbocycles. The Balaban J connectivity index is 1.37. The van der Waals surface area contributed by atoms with Gasteiger partial charge in [-0.15, -0.1) is 5.10 Å². The molecular weight excluding hydrogens is 421 g/mol. The van der Waals surface area contributed by atoms with Gasteiger partial charge in [0.1, 0.15) is 30.0 Å². The second-order valence-corrected chi connectivity index (χ2v) is 7.65. The Morgan fingerprint density at radius 2 is 1.64 bits per heavy atom. The number of hydrogen-bond donors (Lipinski definition) is 1. The number of nitrogens with one attached hydrogen (secondary N) is 1. The first-order valence-electron chi connectivity index (χ1n) is 10.6. The molecule has 1 amide bonds. The lowest BCUT2D eigenvalue weighted by Crippen LogP contribution is -2.34. The molecular formula is C25H24FN5O2. The molecule has 0 saturated heterocycles. The number of rotatable bonds is 9. The number of benzene rings is 3. The molecule has 0 aliphatic rings. The van der Waals surface area contributed by atoms with Crippen LogP contribution >= 0.6 is 0 Å². The second-order valence-electron chi connectivity index (χ2n) is 7.65. The Labute approximate surface area is 191 Å². The highest BCUT2D eigenvalue weighted by atomic mass is 19.1. The third-order valence-electron chi connectivity index (χ3n) is 5.24. The zero-order valence-corrected chi connectivity index (χ0v) is 18.2. The third-order valence-corrected chi connectivity index (χ3v) is 5.24. The highest BCUT2D eigenvalue weighted by Gasteiger charge is 2.24. The van der Waals surface area contributed by atoms with Gasteiger partial charge in [0.05, 0.1) is 0 Å². The number of halogens is 1. The Bertz CT molecular complexity index is 1180. The molecule has 1 aromatic heterocycles. The van der Waals surface area contributed by atoms with E-state index in [1.807, 2.05) is 54.6 Å². The van der Waals surface area contributed by atoms with Crippen molar-refractivity contribution >= 4 is 5.91 Å². The lowest BCUT2D eigenvalue weighted by Gasteiger charge is -2.18. The Morgan fingerprint density at radius 3 is 2.30 bits per heavy atom. The number of nitrogens with zero attached hydrogens (tertiary/aromatic N) is 4. The number of carbonyl (C=O) groups is 1. The summed E-state index contributed by atoms with van der Waals surface area (Å²) in [5.41, 5.74) is 2.81. The fraction of sp³-hybridized carbons (Fsp3) is 0.200. The number of amides is 1. The van der Waals surface area contributed by atoms with Crippen molar-refractivity contribution in [3.63, 3.8) is 0 Å². The summed E-state index contributed by atoms with van der Waals surface area (Å²) < 4.78 is 20.5. The summed E-state index contributed by atoms with van der Waals surface area (Å²) in [4.78, 5) is 13.0.